The van der Waals surface area contributed by atoms with Gasteiger partial charge >= 0.3 is 0 Å². The molecule has 0 aromatic heterocycles. The van der Waals surface area contributed by atoms with E-state index < -0.39 is 0 Å². The first-order valence-electron chi connectivity index (χ1n) is 10.7. The van der Waals surface area contributed by atoms with Crippen molar-refractivity contribution < 1.29 is 14.3 Å². The molecule has 3 rings (SSSR count). The van der Waals surface area contributed by atoms with Gasteiger partial charge in [0.25, 0.3) is 0 Å². The van der Waals surface area contributed by atoms with Crippen LogP contribution in [0.1, 0.15) is 57.6 Å². The van der Waals surface area contributed by atoms with Gasteiger partial charge in [0.15, 0.2) is 0 Å². The van der Waals surface area contributed by atoms with E-state index in [1.54, 1.807) is 0 Å². The zero-order valence-corrected chi connectivity index (χ0v) is 18.2. The van der Waals surface area contributed by atoms with Gasteiger partial charge < -0.3 is 15.4 Å². The van der Waals surface area contributed by atoms with Crippen molar-refractivity contribution in [2.75, 3.05) is 11.9 Å². The predicted molar refractivity (Wildman–Crippen MR) is 120 cm³/mol. The van der Waals surface area contributed by atoms with Gasteiger partial charge in [-0.1, -0.05) is 44.2 Å². The summed E-state index contributed by atoms with van der Waals surface area (Å²) >= 11 is 0. The minimum absolute atomic E-state index is 0.00296. The lowest BCUT2D eigenvalue weighted by Gasteiger charge is -2.29. The van der Waals surface area contributed by atoms with Gasteiger partial charge in [-0.3, -0.25) is 9.59 Å². The van der Waals surface area contributed by atoms with Crippen LogP contribution in [0.15, 0.2) is 48.5 Å². The Morgan fingerprint density at radius 3 is 2.70 bits per heavy atom. The largest absolute Gasteiger partial charge is 0.494 e. The molecule has 2 aromatic carbocycles. The molecule has 0 fully saturated rings. The van der Waals surface area contributed by atoms with E-state index in [0.29, 0.717) is 25.9 Å². The number of carbonyl (C=O) groups is 2. The summed E-state index contributed by atoms with van der Waals surface area (Å²) in [5.41, 5.74) is 3.25. The van der Waals surface area contributed by atoms with Crippen LogP contribution in [0.5, 0.6) is 5.75 Å². The lowest BCUT2D eigenvalue weighted by atomic mass is 9.79. The Morgan fingerprint density at radius 2 is 1.93 bits per heavy atom. The van der Waals surface area contributed by atoms with E-state index in [4.69, 9.17) is 4.74 Å². The number of carbonyl (C=O) groups excluding carboxylic acids is 2. The fourth-order valence-corrected chi connectivity index (χ4v) is 4.04. The van der Waals surface area contributed by atoms with Gasteiger partial charge in [0.2, 0.25) is 11.8 Å². The van der Waals surface area contributed by atoms with Crippen LogP contribution in [0.4, 0.5) is 5.69 Å². The number of nitrogens with one attached hydrogen (secondary N) is 2. The van der Waals surface area contributed by atoms with Crippen LogP contribution >= 0.6 is 0 Å². The number of anilines is 1. The Labute approximate surface area is 179 Å². The standard InChI is InChI=1S/C25H32N2O3/c1-18(17-25(2,3)20-8-5-4-6-9-20)26-23(28)10-7-15-30-21-12-13-22-19(16-21)11-14-24(29)27-22/h4-6,8-9,12-13,16,18H,7,10-11,14-15,17H2,1-3H3,(H,26,28)(H,27,29). The molecule has 1 aliphatic rings. The zero-order chi connectivity index (χ0) is 21.6. The molecule has 0 radical (unpaired) electrons. The average molecular weight is 409 g/mol. The van der Waals surface area contributed by atoms with Crippen molar-refractivity contribution >= 4 is 17.5 Å². The molecular formula is C25H32N2O3. The molecule has 5 nitrogen and oxygen atoms in total. The van der Waals surface area contributed by atoms with Gasteiger partial charge in [-0.05, 0) is 60.9 Å². The molecule has 5 heteroatoms. The molecular weight excluding hydrogens is 376 g/mol. The van der Waals surface area contributed by atoms with Crippen LogP contribution in [0.2, 0.25) is 0 Å². The summed E-state index contributed by atoms with van der Waals surface area (Å²) in [6.07, 6.45) is 3.23. The van der Waals surface area contributed by atoms with Gasteiger partial charge in [0, 0.05) is 24.6 Å². The number of rotatable bonds is 9. The summed E-state index contributed by atoms with van der Waals surface area (Å²) in [6, 6.07) is 16.2. The number of fused-ring (bicyclic) bond motifs is 1. The third-order valence-corrected chi connectivity index (χ3v) is 5.57. The Kier molecular flexibility index (Phi) is 7.14. The third-order valence-electron chi connectivity index (χ3n) is 5.57. The molecule has 0 bridgehead atoms. The summed E-state index contributed by atoms with van der Waals surface area (Å²) < 4.78 is 5.80. The number of hydrogen-bond donors (Lipinski definition) is 2. The van der Waals surface area contributed by atoms with E-state index in [0.717, 1.165) is 29.8 Å². The van der Waals surface area contributed by atoms with Crippen molar-refractivity contribution in [3.63, 3.8) is 0 Å². The van der Waals surface area contributed by atoms with Crippen molar-refractivity contribution in [2.24, 2.45) is 0 Å². The fraction of sp³-hybridized carbons (Fsp3) is 0.440. The minimum atomic E-state index is 0.00296. The molecule has 1 unspecified atom stereocenters. The first-order valence-corrected chi connectivity index (χ1v) is 10.7. The van der Waals surface area contributed by atoms with E-state index in [2.05, 4.69) is 55.7 Å². The second-order valence-corrected chi connectivity index (χ2v) is 8.74. The summed E-state index contributed by atoms with van der Waals surface area (Å²) in [6.45, 7) is 6.97. The van der Waals surface area contributed by atoms with Gasteiger partial charge in [-0.15, -0.1) is 0 Å². The lowest BCUT2D eigenvalue weighted by molar-refractivity contribution is -0.122. The number of hydrogen-bond acceptors (Lipinski definition) is 3. The maximum Gasteiger partial charge on any atom is 0.224 e. The monoisotopic (exact) mass is 408 g/mol. The van der Waals surface area contributed by atoms with E-state index in [-0.39, 0.29) is 23.3 Å². The third kappa shape index (κ3) is 6.09. The van der Waals surface area contributed by atoms with E-state index in [1.807, 2.05) is 24.3 Å². The molecule has 0 aliphatic carbocycles. The van der Waals surface area contributed by atoms with Crippen LogP contribution in [0.3, 0.4) is 0 Å². The molecule has 2 amide bonds. The highest BCUT2D eigenvalue weighted by molar-refractivity contribution is 5.94. The molecule has 1 aliphatic heterocycles. The highest BCUT2D eigenvalue weighted by atomic mass is 16.5. The zero-order valence-electron chi connectivity index (χ0n) is 18.2. The maximum atomic E-state index is 12.3. The van der Waals surface area contributed by atoms with Gasteiger partial charge in [0.05, 0.1) is 6.61 Å². The van der Waals surface area contributed by atoms with Gasteiger partial charge in [-0.2, -0.15) is 0 Å². The summed E-state index contributed by atoms with van der Waals surface area (Å²) in [5, 5.41) is 5.98. The van der Waals surface area contributed by atoms with Crippen molar-refractivity contribution in [1.29, 1.82) is 0 Å². The first-order chi connectivity index (χ1) is 14.3. The molecule has 0 saturated heterocycles. The number of aryl methyl sites for hydroxylation is 1. The summed E-state index contributed by atoms with van der Waals surface area (Å²) in [4.78, 5) is 23.7. The van der Waals surface area contributed by atoms with Crippen molar-refractivity contribution in [3.8, 4) is 5.75 Å². The fourth-order valence-electron chi connectivity index (χ4n) is 4.04. The molecule has 0 spiro atoms. The Hall–Kier alpha value is -2.82. The molecule has 1 atom stereocenters. The summed E-state index contributed by atoms with van der Waals surface area (Å²) in [5.74, 6) is 0.898. The SMILES string of the molecule is CC(CC(C)(C)c1ccccc1)NC(=O)CCCOc1ccc2c(c1)CCC(=O)N2. The predicted octanol–water partition coefficient (Wildman–Crippen LogP) is 4.60. The summed E-state index contributed by atoms with van der Waals surface area (Å²) in [7, 11) is 0. The Balaban J connectivity index is 1.38. The maximum absolute atomic E-state index is 12.3. The van der Waals surface area contributed by atoms with E-state index in [1.165, 1.54) is 5.56 Å². The van der Waals surface area contributed by atoms with Crippen molar-refractivity contribution in [2.45, 2.75) is 64.3 Å². The van der Waals surface area contributed by atoms with Crippen LogP contribution in [-0.4, -0.2) is 24.5 Å². The second kappa shape index (κ2) is 9.79. The van der Waals surface area contributed by atoms with E-state index >= 15 is 0 Å². The molecule has 160 valence electrons. The topological polar surface area (TPSA) is 67.4 Å². The first kappa shape index (κ1) is 21.9. The normalized spacial score (nSPS) is 14.4. The Bertz CT molecular complexity index is 877. The smallest absolute Gasteiger partial charge is 0.224 e. The second-order valence-electron chi connectivity index (χ2n) is 8.74. The minimum Gasteiger partial charge on any atom is -0.494 e. The van der Waals surface area contributed by atoms with Crippen LogP contribution in [0, 0.1) is 0 Å². The number of ether oxygens (including phenoxy) is 1. The molecule has 2 aromatic rings. The van der Waals surface area contributed by atoms with Crippen LogP contribution in [-0.2, 0) is 21.4 Å². The Morgan fingerprint density at radius 1 is 1.17 bits per heavy atom. The van der Waals surface area contributed by atoms with Gasteiger partial charge in [0.1, 0.15) is 5.75 Å². The van der Waals surface area contributed by atoms with Gasteiger partial charge in [-0.25, -0.2) is 0 Å². The van der Waals surface area contributed by atoms with E-state index in [9.17, 15) is 9.59 Å². The highest BCUT2D eigenvalue weighted by Crippen LogP contribution is 2.28. The molecule has 30 heavy (non-hydrogen) atoms. The molecule has 0 saturated carbocycles. The molecule has 1 heterocycles. The quantitative estimate of drug-likeness (QED) is 0.596. The van der Waals surface area contributed by atoms with Crippen molar-refractivity contribution in [1.82, 2.24) is 5.32 Å². The van der Waals surface area contributed by atoms with Crippen LogP contribution in [0.25, 0.3) is 0 Å². The molecule has 2 N–H and O–H groups in total. The lowest BCUT2D eigenvalue weighted by Crippen LogP contribution is -2.37. The average Bonchev–Trinajstić information content (AvgIpc) is 2.71. The van der Waals surface area contributed by atoms with Crippen molar-refractivity contribution in [3.05, 3.63) is 59.7 Å². The number of amides is 2. The number of benzene rings is 2. The highest BCUT2D eigenvalue weighted by Gasteiger charge is 2.24. The van der Waals surface area contributed by atoms with Crippen LogP contribution < -0.4 is 15.4 Å².